The average Bonchev–Trinajstić information content (AvgIpc) is 2.80. The minimum absolute atomic E-state index is 0.131. The van der Waals surface area contributed by atoms with Gasteiger partial charge in [-0.25, -0.2) is 9.97 Å². The first kappa shape index (κ1) is 13.0. The Balaban J connectivity index is 2.09. The molecule has 0 spiro atoms. The van der Waals surface area contributed by atoms with Crippen LogP contribution in [-0.2, 0) is 13.7 Å². The zero-order valence-electron chi connectivity index (χ0n) is 11.1. The first-order valence-electron chi connectivity index (χ1n) is 6.08. The first-order chi connectivity index (χ1) is 9.70. The molecule has 0 bridgehead atoms. The molecule has 20 heavy (non-hydrogen) atoms. The summed E-state index contributed by atoms with van der Waals surface area (Å²) in [6.45, 7) is 1.90. The number of nitrogens with zero attached hydrogens (tertiary/aromatic N) is 5. The van der Waals surface area contributed by atoms with Crippen molar-refractivity contribution in [1.82, 2.24) is 24.7 Å². The lowest BCUT2D eigenvalue weighted by molar-refractivity contribution is 0.266. The molecular weight excluding hydrogens is 274 g/mol. The van der Waals surface area contributed by atoms with Crippen LogP contribution in [0.2, 0.25) is 0 Å². The van der Waals surface area contributed by atoms with Crippen molar-refractivity contribution in [2.75, 3.05) is 0 Å². The molecule has 2 aromatic heterocycles. The Morgan fingerprint density at radius 2 is 2.10 bits per heavy atom. The van der Waals surface area contributed by atoms with E-state index < -0.39 is 0 Å². The third kappa shape index (κ3) is 2.14. The Morgan fingerprint density at radius 1 is 1.25 bits per heavy atom. The van der Waals surface area contributed by atoms with Crippen LogP contribution >= 0.6 is 11.8 Å². The molecule has 0 radical (unpaired) electrons. The van der Waals surface area contributed by atoms with Gasteiger partial charge in [0, 0.05) is 12.4 Å². The van der Waals surface area contributed by atoms with Crippen LogP contribution in [0.15, 0.2) is 34.7 Å². The monoisotopic (exact) mass is 287 g/mol. The summed E-state index contributed by atoms with van der Waals surface area (Å²) in [7, 11) is 1.82. The molecule has 7 heteroatoms. The molecule has 0 fully saturated rings. The second kappa shape index (κ2) is 5.18. The fourth-order valence-electron chi connectivity index (χ4n) is 1.98. The van der Waals surface area contributed by atoms with E-state index in [1.807, 2.05) is 32.2 Å². The summed E-state index contributed by atoms with van der Waals surface area (Å²) in [6, 6.07) is 5.97. The maximum atomic E-state index is 9.16. The van der Waals surface area contributed by atoms with Crippen LogP contribution in [0.1, 0.15) is 11.4 Å². The Hall–Kier alpha value is -1.99. The van der Waals surface area contributed by atoms with Crippen LogP contribution in [0, 0.1) is 6.92 Å². The van der Waals surface area contributed by atoms with E-state index in [0.29, 0.717) is 11.0 Å². The number of benzene rings is 1. The number of rotatable bonds is 3. The molecule has 102 valence electrons. The molecular formula is C13H13N5OS. The number of aliphatic hydroxyl groups is 1. The predicted octanol–water partition coefficient (Wildman–Crippen LogP) is 1.71. The SMILES string of the molecule is Cc1cccc2ncnc(Sc3nnc(CO)n3C)c12. The molecule has 3 aromatic rings. The van der Waals surface area contributed by atoms with Gasteiger partial charge < -0.3 is 9.67 Å². The first-order valence-corrected chi connectivity index (χ1v) is 6.89. The number of aliphatic hydroxyl groups excluding tert-OH is 1. The van der Waals surface area contributed by atoms with Gasteiger partial charge in [-0.2, -0.15) is 0 Å². The highest BCUT2D eigenvalue weighted by molar-refractivity contribution is 7.99. The van der Waals surface area contributed by atoms with E-state index in [0.717, 1.165) is 21.5 Å². The molecule has 0 unspecified atom stereocenters. The number of fused-ring (bicyclic) bond motifs is 1. The number of aryl methyl sites for hydroxylation is 1. The largest absolute Gasteiger partial charge is 0.388 e. The average molecular weight is 287 g/mol. The summed E-state index contributed by atoms with van der Waals surface area (Å²) in [4.78, 5) is 8.63. The van der Waals surface area contributed by atoms with E-state index in [1.165, 1.54) is 11.8 Å². The van der Waals surface area contributed by atoms with Crippen LogP contribution < -0.4 is 0 Å². The van der Waals surface area contributed by atoms with E-state index in [4.69, 9.17) is 5.11 Å². The van der Waals surface area contributed by atoms with Gasteiger partial charge in [0.15, 0.2) is 11.0 Å². The lowest BCUT2D eigenvalue weighted by atomic mass is 10.1. The second-order valence-electron chi connectivity index (χ2n) is 4.37. The molecule has 0 aliphatic heterocycles. The molecule has 0 saturated heterocycles. The van der Waals surface area contributed by atoms with E-state index in [9.17, 15) is 0 Å². The molecule has 1 aromatic carbocycles. The third-order valence-electron chi connectivity index (χ3n) is 3.09. The van der Waals surface area contributed by atoms with Crippen LogP contribution in [0.25, 0.3) is 10.9 Å². The summed E-state index contributed by atoms with van der Waals surface area (Å²) in [6.07, 6.45) is 1.55. The minimum Gasteiger partial charge on any atom is -0.388 e. The zero-order valence-corrected chi connectivity index (χ0v) is 11.9. The Kier molecular flexibility index (Phi) is 3.37. The Morgan fingerprint density at radius 3 is 2.85 bits per heavy atom. The quantitative estimate of drug-likeness (QED) is 0.739. The molecule has 0 saturated carbocycles. The van der Waals surface area contributed by atoms with Gasteiger partial charge in [-0.05, 0) is 30.3 Å². The fourth-order valence-corrected chi connectivity index (χ4v) is 2.95. The van der Waals surface area contributed by atoms with E-state index in [2.05, 4.69) is 20.2 Å². The third-order valence-corrected chi connectivity index (χ3v) is 4.13. The number of hydrogen-bond acceptors (Lipinski definition) is 6. The van der Waals surface area contributed by atoms with Gasteiger partial charge in [0.1, 0.15) is 18.0 Å². The molecule has 0 aliphatic carbocycles. The van der Waals surface area contributed by atoms with E-state index >= 15 is 0 Å². The van der Waals surface area contributed by atoms with Gasteiger partial charge in [0.2, 0.25) is 0 Å². The van der Waals surface area contributed by atoms with Crippen molar-refractivity contribution in [2.45, 2.75) is 23.7 Å². The minimum atomic E-state index is -0.131. The Bertz CT molecular complexity index is 765. The summed E-state index contributed by atoms with van der Waals surface area (Å²) in [5, 5.41) is 19.7. The normalized spacial score (nSPS) is 11.2. The molecule has 0 aliphatic rings. The van der Waals surface area contributed by atoms with Gasteiger partial charge in [-0.1, -0.05) is 12.1 Å². The zero-order chi connectivity index (χ0) is 14.1. The van der Waals surface area contributed by atoms with Crippen molar-refractivity contribution in [1.29, 1.82) is 0 Å². The van der Waals surface area contributed by atoms with Gasteiger partial charge in [0.25, 0.3) is 0 Å². The smallest absolute Gasteiger partial charge is 0.197 e. The highest BCUT2D eigenvalue weighted by Gasteiger charge is 2.13. The number of hydrogen-bond donors (Lipinski definition) is 1. The van der Waals surface area contributed by atoms with Crippen LogP contribution in [0.5, 0.6) is 0 Å². The highest BCUT2D eigenvalue weighted by atomic mass is 32.2. The van der Waals surface area contributed by atoms with Gasteiger partial charge in [-0.15, -0.1) is 10.2 Å². The van der Waals surface area contributed by atoms with Crippen molar-refractivity contribution in [3.63, 3.8) is 0 Å². The van der Waals surface area contributed by atoms with Gasteiger partial charge in [0.05, 0.1) is 5.52 Å². The summed E-state index contributed by atoms with van der Waals surface area (Å²) < 4.78 is 1.76. The van der Waals surface area contributed by atoms with E-state index in [-0.39, 0.29) is 6.61 Å². The summed E-state index contributed by atoms with van der Waals surface area (Å²) >= 11 is 1.42. The standard InChI is InChI=1S/C13H13N5OS/c1-8-4-3-5-9-11(8)12(15-7-14-9)20-13-17-16-10(6-19)18(13)2/h3-5,7,19H,6H2,1-2H3. The van der Waals surface area contributed by atoms with Gasteiger partial charge in [-0.3, -0.25) is 0 Å². The van der Waals surface area contributed by atoms with Crippen LogP contribution in [0.3, 0.4) is 0 Å². The topological polar surface area (TPSA) is 76.7 Å². The summed E-state index contributed by atoms with van der Waals surface area (Å²) in [5.74, 6) is 0.530. The van der Waals surface area contributed by atoms with Crippen molar-refractivity contribution in [2.24, 2.45) is 7.05 Å². The molecule has 0 atom stereocenters. The molecule has 2 heterocycles. The van der Waals surface area contributed by atoms with Crippen molar-refractivity contribution in [3.8, 4) is 0 Å². The Labute approximate surface area is 119 Å². The fraction of sp³-hybridized carbons (Fsp3) is 0.231. The van der Waals surface area contributed by atoms with E-state index in [1.54, 1.807) is 10.9 Å². The second-order valence-corrected chi connectivity index (χ2v) is 5.32. The molecule has 3 rings (SSSR count). The molecule has 0 amide bonds. The van der Waals surface area contributed by atoms with Crippen LogP contribution in [0.4, 0.5) is 0 Å². The lowest BCUT2D eigenvalue weighted by Gasteiger charge is -2.06. The van der Waals surface area contributed by atoms with Crippen LogP contribution in [-0.4, -0.2) is 29.8 Å². The van der Waals surface area contributed by atoms with Crippen molar-refractivity contribution < 1.29 is 5.11 Å². The predicted molar refractivity (Wildman–Crippen MR) is 75.3 cm³/mol. The summed E-state index contributed by atoms with van der Waals surface area (Å²) in [5.41, 5.74) is 2.03. The molecule has 1 N–H and O–H groups in total. The van der Waals surface area contributed by atoms with Gasteiger partial charge >= 0.3 is 0 Å². The lowest BCUT2D eigenvalue weighted by Crippen LogP contribution is -1.99. The van der Waals surface area contributed by atoms with Crippen molar-refractivity contribution >= 4 is 22.7 Å². The maximum absolute atomic E-state index is 9.16. The van der Waals surface area contributed by atoms with Crippen molar-refractivity contribution in [3.05, 3.63) is 35.9 Å². The number of aromatic nitrogens is 5. The maximum Gasteiger partial charge on any atom is 0.197 e. The molecule has 6 nitrogen and oxygen atoms in total. The highest BCUT2D eigenvalue weighted by Crippen LogP contribution is 2.31.